The van der Waals surface area contributed by atoms with Crippen LogP contribution >= 0.6 is 11.3 Å². The van der Waals surface area contributed by atoms with E-state index in [-0.39, 0.29) is 11.2 Å². The fourth-order valence-corrected chi connectivity index (χ4v) is 3.68. The molecule has 0 aliphatic carbocycles. The molecule has 1 atom stereocenters. The van der Waals surface area contributed by atoms with E-state index >= 15 is 0 Å². The van der Waals surface area contributed by atoms with Gasteiger partial charge in [0.05, 0.1) is 22.4 Å². The van der Waals surface area contributed by atoms with Gasteiger partial charge in [-0.3, -0.25) is 4.79 Å². The zero-order valence-corrected chi connectivity index (χ0v) is 15.7. The van der Waals surface area contributed by atoms with Crippen molar-refractivity contribution in [1.29, 1.82) is 0 Å². The SMILES string of the molecule is COc1ccc(C(Oc2coc3ccccc3c2=O)c2cnc(C)s2)cc1. The third-order valence-electron chi connectivity index (χ3n) is 4.21. The normalized spacial score (nSPS) is 12.1. The van der Waals surface area contributed by atoms with Crippen molar-refractivity contribution in [1.82, 2.24) is 4.98 Å². The second-order valence-corrected chi connectivity index (χ2v) is 7.24. The van der Waals surface area contributed by atoms with Crippen molar-refractivity contribution in [2.24, 2.45) is 0 Å². The molecule has 0 amide bonds. The molecule has 27 heavy (non-hydrogen) atoms. The molecule has 1 unspecified atom stereocenters. The standard InChI is InChI=1S/C21H17NO4S/c1-13-22-11-19(27-13)21(14-7-9-15(24-2)10-8-14)26-18-12-25-17-6-4-3-5-16(17)20(18)23/h3-12,21H,1-2H3. The monoisotopic (exact) mass is 379 g/mol. The third-order valence-corrected chi connectivity index (χ3v) is 5.17. The van der Waals surface area contributed by atoms with Crippen molar-refractivity contribution in [2.45, 2.75) is 13.0 Å². The van der Waals surface area contributed by atoms with Gasteiger partial charge in [-0.25, -0.2) is 4.98 Å². The number of thiazole rings is 1. The maximum Gasteiger partial charge on any atom is 0.234 e. The summed E-state index contributed by atoms with van der Waals surface area (Å²) in [6.07, 6.45) is 2.68. The fourth-order valence-electron chi connectivity index (χ4n) is 2.84. The summed E-state index contributed by atoms with van der Waals surface area (Å²) in [5, 5.41) is 1.42. The Morgan fingerprint density at radius 3 is 2.59 bits per heavy atom. The van der Waals surface area contributed by atoms with Gasteiger partial charge < -0.3 is 13.9 Å². The van der Waals surface area contributed by atoms with Gasteiger partial charge in [0.1, 0.15) is 17.6 Å². The molecule has 5 nitrogen and oxygen atoms in total. The maximum absolute atomic E-state index is 12.8. The largest absolute Gasteiger partial charge is 0.497 e. The Hall–Kier alpha value is -3.12. The van der Waals surface area contributed by atoms with Gasteiger partial charge in [-0.15, -0.1) is 11.3 Å². The maximum atomic E-state index is 12.8. The van der Waals surface area contributed by atoms with E-state index < -0.39 is 6.10 Å². The van der Waals surface area contributed by atoms with Crippen LogP contribution in [0.3, 0.4) is 0 Å². The molecule has 0 N–H and O–H groups in total. The number of para-hydroxylation sites is 1. The van der Waals surface area contributed by atoms with E-state index in [1.165, 1.54) is 17.6 Å². The fraction of sp³-hybridized carbons (Fsp3) is 0.143. The lowest BCUT2D eigenvalue weighted by Gasteiger charge is -2.18. The number of ether oxygens (including phenoxy) is 2. The highest BCUT2D eigenvalue weighted by atomic mass is 32.1. The molecule has 0 spiro atoms. The summed E-state index contributed by atoms with van der Waals surface area (Å²) in [5.74, 6) is 0.920. The molecule has 4 aromatic rings. The lowest BCUT2D eigenvalue weighted by Crippen LogP contribution is -2.14. The topological polar surface area (TPSA) is 61.6 Å². The molecule has 0 aliphatic heterocycles. The third kappa shape index (κ3) is 3.44. The summed E-state index contributed by atoms with van der Waals surface area (Å²) in [5.41, 5.74) is 1.23. The van der Waals surface area contributed by atoms with E-state index in [9.17, 15) is 4.79 Å². The Labute approximate surface area is 159 Å². The van der Waals surface area contributed by atoms with Crippen LogP contribution in [-0.2, 0) is 0 Å². The van der Waals surface area contributed by atoms with Gasteiger partial charge in [0, 0.05) is 6.20 Å². The number of benzene rings is 2. The zero-order valence-electron chi connectivity index (χ0n) is 14.8. The molecule has 0 bridgehead atoms. The number of methoxy groups -OCH3 is 1. The molecular formula is C21H17NO4S. The number of hydrogen-bond donors (Lipinski definition) is 0. The van der Waals surface area contributed by atoms with Crippen LogP contribution in [0.2, 0.25) is 0 Å². The van der Waals surface area contributed by atoms with Crippen LogP contribution < -0.4 is 14.9 Å². The van der Waals surface area contributed by atoms with Crippen LogP contribution in [-0.4, -0.2) is 12.1 Å². The van der Waals surface area contributed by atoms with Crippen LogP contribution in [0.1, 0.15) is 21.6 Å². The number of hydrogen-bond acceptors (Lipinski definition) is 6. The summed E-state index contributed by atoms with van der Waals surface area (Å²) >= 11 is 1.53. The Morgan fingerprint density at radius 2 is 1.89 bits per heavy atom. The highest BCUT2D eigenvalue weighted by molar-refractivity contribution is 7.11. The lowest BCUT2D eigenvalue weighted by molar-refractivity contribution is 0.242. The minimum Gasteiger partial charge on any atom is -0.497 e. The summed E-state index contributed by atoms with van der Waals surface area (Å²) in [7, 11) is 1.62. The second-order valence-electron chi connectivity index (χ2n) is 5.98. The number of fused-ring (bicyclic) bond motifs is 1. The van der Waals surface area contributed by atoms with E-state index in [2.05, 4.69) is 4.98 Å². The van der Waals surface area contributed by atoms with Crippen molar-refractivity contribution in [3.8, 4) is 11.5 Å². The van der Waals surface area contributed by atoms with Crippen molar-refractivity contribution >= 4 is 22.3 Å². The highest BCUT2D eigenvalue weighted by Gasteiger charge is 2.21. The Bertz CT molecular complexity index is 1130. The van der Waals surface area contributed by atoms with Crippen LogP contribution in [0.4, 0.5) is 0 Å². The average molecular weight is 379 g/mol. The van der Waals surface area contributed by atoms with Gasteiger partial charge in [0.15, 0.2) is 6.10 Å². The summed E-state index contributed by atoms with van der Waals surface area (Å²) in [4.78, 5) is 18.0. The Kier molecular flexibility index (Phi) is 4.64. The van der Waals surface area contributed by atoms with Crippen molar-refractivity contribution in [2.75, 3.05) is 7.11 Å². The molecule has 0 saturated carbocycles. The van der Waals surface area contributed by atoms with Crippen LogP contribution in [0.5, 0.6) is 11.5 Å². The second kappa shape index (κ2) is 7.25. The summed E-state index contributed by atoms with van der Waals surface area (Å²) in [6.45, 7) is 1.93. The first kappa shape index (κ1) is 17.3. The minimum atomic E-state index is -0.467. The van der Waals surface area contributed by atoms with Crippen LogP contribution in [0, 0.1) is 6.92 Å². The zero-order chi connectivity index (χ0) is 18.8. The van der Waals surface area contributed by atoms with Gasteiger partial charge in [-0.05, 0) is 36.8 Å². The Morgan fingerprint density at radius 1 is 1.11 bits per heavy atom. The number of rotatable bonds is 5. The van der Waals surface area contributed by atoms with E-state index in [0.717, 1.165) is 21.2 Å². The molecule has 136 valence electrons. The van der Waals surface area contributed by atoms with Crippen molar-refractivity contribution in [3.05, 3.63) is 86.7 Å². The number of aryl methyl sites for hydroxylation is 1. The van der Waals surface area contributed by atoms with E-state index in [0.29, 0.717) is 11.0 Å². The first-order valence-electron chi connectivity index (χ1n) is 8.39. The molecule has 2 aromatic heterocycles. The molecule has 6 heteroatoms. The molecule has 0 fully saturated rings. The van der Waals surface area contributed by atoms with E-state index in [1.54, 1.807) is 31.5 Å². The van der Waals surface area contributed by atoms with E-state index in [1.807, 2.05) is 37.3 Å². The van der Waals surface area contributed by atoms with Crippen LogP contribution in [0.15, 0.2) is 70.2 Å². The first-order valence-corrected chi connectivity index (χ1v) is 9.21. The van der Waals surface area contributed by atoms with Crippen molar-refractivity contribution < 1.29 is 13.9 Å². The molecule has 0 aliphatic rings. The molecule has 2 aromatic carbocycles. The van der Waals surface area contributed by atoms with Crippen LogP contribution in [0.25, 0.3) is 11.0 Å². The quantitative estimate of drug-likeness (QED) is 0.501. The van der Waals surface area contributed by atoms with Gasteiger partial charge in [0.2, 0.25) is 11.2 Å². The minimum absolute atomic E-state index is 0.167. The summed E-state index contributed by atoms with van der Waals surface area (Å²) in [6, 6.07) is 14.7. The molecule has 0 radical (unpaired) electrons. The predicted octanol–water partition coefficient (Wildman–Crippen LogP) is 4.73. The highest BCUT2D eigenvalue weighted by Crippen LogP contribution is 2.32. The average Bonchev–Trinajstić information content (AvgIpc) is 3.14. The van der Waals surface area contributed by atoms with Gasteiger partial charge in [0.25, 0.3) is 0 Å². The van der Waals surface area contributed by atoms with Gasteiger partial charge in [-0.1, -0.05) is 24.3 Å². The number of aromatic nitrogens is 1. The Balaban J connectivity index is 1.77. The molecule has 4 rings (SSSR count). The molecular weight excluding hydrogens is 362 g/mol. The predicted molar refractivity (Wildman–Crippen MR) is 105 cm³/mol. The first-order chi connectivity index (χ1) is 13.2. The smallest absolute Gasteiger partial charge is 0.234 e. The van der Waals surface area contributed by atoms with E-state index in [4.69, 9.17) is 13.9 Å². The number of nitrogens with zero attached hydrogens (tertiary/aromatic N) is 1. The molecule has 2 heterocycles. The summed E-state index contributed by atoms with van der Waals surface area (Å²) < 4.78 is 16.9. The molecule has 0 saturated heterocycles. The van der Waals surface area contributed by atoms with Gasteiger partial charge >= 0.3 is 0 Å². The lowest BCUT2D eigenvalue weighted by atomic mass is 10.1. The van der Waals surface area contributed by atoms with Gasteiger partial charge in [-0.2, -0.15) is 0 Å². The van der Waals surface area contributed by atoms with Crippen molar-refractivity contribution in [3.63, 3.8) is 0 Å².